The molecule has 2 aromatic rings. The van der Waals surface area contributed by atoms with E-state index in [1.54, 1.807) is 0 Å². The number of para-hydroxylation sites is 1. The van der Waals surface area contributed by atoms with E-state index < -0.39 is 5.97 Å². The first-order chi connectivity index (χ1) is 11.1. The zero-order valence-electron chi connectivity index (χ0n) is 12.2. The third-order valence-corrected chi connectivity index (χ3v) is 5.58. The summed E-state index contributed by atoms with van der Waals surface area (Å²) in [4.78, 5) is 24.9. The lowest BCUT2D eigenvalue weighted by Gasteiger charge is -2.32. The second-order valence-corrected chi connectivity index (χ2v) is 6.98. The summed E-state index contributed by atoms with van der Waals surface area (Å²) in [7, 11) is 0. The third-order valence-electron chi connectivity index (χ3n) is 4.37. The van der Waals surface area contributed by atoms with Crippen LogP contribution in [0.15, 0.2) is 30.3 Å². The number of thiophene rings is 1. The molecule has 1 aliphatic carbocycles. The van der Waals surface area contributed by atoms with Gasteiger partial charge in [0.1, 0.15) is 12.4 Å². The highest BCUT2D eigenvalue weighted by atomic mass is 32.1. The standard InChI is InChI=1S/C17H15NO4S/c19-16(18-11-5-9(6-11)17(20)21)14-7-10-8-22-13-4-2-1-3-12(13)15(10)23-14/h1-4,7,9,11H,5-6,8H2,(H,18,19)(H,20,21). The molecule has 2 N–H and O–H groups in total. The molecule has 0 unspecified atom stereocenters. The van der Waals surface area contributed by atoms with Crippen LogP contribution in [0.25, 0.3) is 10.4 Å². The van der Waals surface area contributed by atoms with Crippen molar-refractivity contribution in [1.29, 1.82) is 0 Å². The van der Waals surface area contributed by atoms with E-state index >= 15 is 0 Å². The molecule has 0 bridgehead atoms. The first-order valence-corrected chi connectivity index (χ1v) is 8.32. The maximum Gasteiger partial charge on any atom is 0.306 e. The van der Waals surface area contributed by atoms with E-state index in [4.69, 9.17) is 9.84 Å². The average molecular weight is 329 g/mol. The molecule has 2 heterocycles. The molecule has 0 spiro atoms. The molecular weight excluding hydrogens is 314 g/mol. The molecule has 1 fully saturated rings. The van der Waals surface area contributed by atoms with Gasteiger partial charge in [0.05, 0.1) is 10.8 Å². The quantitative estimate of drug-likeness (QED) is 0.908. The van der Waals surface area contributed by atoms with Crippen molar-refractivity contribution in [2.75, 3.05) is 0 Å². The van der Waals surface area contributed by atoms with Gasteiger partial charge in [0, 0.05) is 22.0 Å². The summed E-state index contributed by atoms with van der Waals surface area (Å²) in [6.45, 7) is 0.473. The number of aliphatic carboxylic acids is 1. The number of carbonyl (C=O) groups is 2. The van der Waals surface area contributed by atoms with Gasteiger partial charge in [-0.25, -0.2) is 0 Å². The van der Waals surface area contributed by atoms with E-state index in [1.165, 1.54) is 11.3 Å². The Morgan fingerprint density at radius 1 is 1.26 bits per heavy atom. The van der Waals surface area contributed by atoms with Crippen LogP contribution < -0.4 is 10.1 Å². The molecule has 118 valence electrons. The molecule has 6 heteroatoms. The number of amides is 1. The molecule has 4 rings (SSSR count). The molecule has 23 heavy (non-hydrogen) atoms. The van der Waals surface area contributed by atoms with Crippen LogP contribution in [0.5, 0.6) is 5.75 Å². The summed E-state index contributed by atoms with van der Waals surface area (Å²) < 4.78 is 5.71. The number of carboxylic acids is 1. The summed E-state index contributed by atoms with van der Waals surface area (Å²) in [6, 6.07) is 9.65. The van der Waals surface area contributed by atoms with Gasteiger partial charge in [-0.1, -0.05) is 12.1 Å². The Bertz CT molecular complexity index is 792. The molecule has 2 aliphatic rings. The lowest BCUT2D eigenvalue weighted by Crippen LogP contribution is -2.46. The van der Waals surface area contributed by atoms with Gasteiger partial charge in [-0.05, 0) is 31.0 Å². The van der Waals surface area contributed by atoms with Crippen molar-refractivity contribution in [2.45, 2.75) is 25.5 Å². The SMILES string of the molecule is O=C(NC1CC(C(=O)O)C1)c1cc2c(s1)-c1ccccc1OC2. The van der Waals surface area contributed by atoms with E-state index in [1.807, 2.05) is 30.3 Å². The summed E-state index contributed by atoms with van der Waals surface area (Å²) in [5, 5.41) is 11.8. The minimum absolute atomic E-state index is 0.0359. The van der Waals surface area contributed by atoms with Crippen molar-refractivity contribution < 1.29 is 19.4 Å². The summed E-state index contributed by atoms with van der Waals surface area (Å²) in [6.07, 6.45) is 1.02. The Balaban J connectivity index is 1.51. The lowest BCUT2D eigenvalue weighted by atomic mass is 9.80. The number of fused-ring (bicyclic) bond motifs is 3. The largest absolute Gasteiger partial charge is 0.488 e. The predicted molar refractivity (Wildman–Crippen MR) is 85.7 cm³/mol. The second kappa shape index (κ2) is 5.38. The average Bonchev–Trinajstić information content (AvgIpc) is 2.94. The first kappa shape index (κ1) is 14.3. The molecule has 0 saturated heterocycles. The topological polar surface area (TPSA) is 75.6 Å². The zero-order chi connectivity index (χ0) is 16.0. The van der Waals surface area contributed by atoms with Gasteiger partial charge in [-0.15, -0.1) is 11.3 Å². The smallest absolute Gasteiger partial charge is 0.306 e. The number of ether oxygens (including phenoxy) is 1. The Kier molecular flexibility index (Phi) is 3.34. The zero-order valence-corrected chi connectivity index (χ0v) is 13.1. The van der Waals surface area contributed by atoms with Gasteiger partial charge >= 0.3 is 5.97 Å². The highest BCUT2D eigenvalue weighted by molar-refractivity contribution is 7.17. The van der Waals surface area contributed by atoms with E-state index in [2.05, 4.69) is 5.32 Å². The van der Waals surface area contributed by atoms with Crippen molar-refractivity contribution in [3.8, 4) is 16.2 Å². The number of carboxylic acid groups (broad SMARTS) is 1. The van der Waals surface area contributed by atoms with Crippen molar-refractivity contribution in [3.05, 3.63) is 40.8 Å². The Labute approximate surface area is 136 Å². The number of carbonyl (C=O) groups excluding carboxylic acids is 1. The minimum atomic E-state index is -0.782. The molecule has 0 radical (unpaired) electrons. The number of nitrogens with one attached hydrogen (secondary N) is 1. The van der Waals surface area contributed by atoms with Gasteiger partial charge in [0.25, 0.3) is 5.91 Å². The van der Waals surface area contributed by atoms with Crippen LogP contribution in [0.1, 0.15) is 28.1 Å². The van der Waals surface area contributed by atoms with E-state index in [-0.39, 0.29) is 17.9 Å². The molecule has 1 aromatic carbocycles. The van der Waals surface area contributed by atoms with Crippen LogP contribution >= 0.6 is 11.3 Å². The number of rotatable bonds is 3. The normalized spacial score (nSPS) is 21.4. The van der Waals surface area contributed by atoms with Crippen LogP contribution in [0.2, 0.25) is 0 Å². The molecule has 0 atom stereocenters. The van der Waals surface area contributed by atoms with Gasteiger partial charge in [-0.2, -0.15) is 0 Å². The lowest BCUT2D eigenvalue weighted by molar-refractivity contribution is -0.145. The molecule has 1 saturated carbocycles. The highest BCUT2D eigenvalue weighted by Crippen LogP contribution is 2.42. The molecular formula is C17H15NO4S. The summed E-state index contributed by atoms with van der Waals surface area (Å²) in [5.74, 6) is -0.388. The van der Waals surface area contributed by atoms with E-state index in [0.29, 0.717) is 24.3 Å². The minimum Gasteiger partial charge on any atom is -0.488 e. The van der Waals surface area contributed by atoms with Crippen molar-refractivity contribution in [1.82, 2.24) is 5.32 Å². The van der Waals surface area contributed by atoms with E-state index in [0.717, 1.165) is 21.8 Å². The Morgan fingerprint density at radius 3 is 2.83 bits per heavy atom. The molecule has 1 aliphatic heterocycles. The van der Waals surface area contributed by atoms with Gasteiger partial charge in [0.2, 0.25) is 0 Å². The predicted octanol–water partition coefficient (Wildman–Crippen LogP) is 2.90. The van der Waals surface area contributed by atoms with Crippen LogP contribution in [0, 0.1) is 5.92 Å². The summed E-state index contributed by atoms with van der Waals surface area (Å²) >= 11 is 1.46. The first-order valence-electron chi connectivity index (χ1n) is 7.50. The van der Waals surface area contributed by atoms with Crippen LogP contribution in [-0.2, 0) is 11.4 Å². The van der Waals surface area contributed by atoms with Crippen molar-refractivity contribution in [2.24, 2.45) is 5.92 Å². The maximum atomic E-state index is 12.4. The fourth-order valence-corrected chi connectivity index (χ4v) is 4.11. The number of benzene rings is 1. The second-order valence-electron chi connectivity index (χ2n) is 5.93. The Morgan fingerprint density at radius 2 is 2.04 bits per heavy atom. The maximum absolute atomic E-state index is 12.4. The monoisotopic (exact) mass is 329 g/mol. The molecule has 5 nitrogen and oxygen atoms in total. The molecule has 1 amide bonds. The van der Waals surface area contributed by atoms with Crippen LogP contribution in [0.3, 0.4) is 0 Å². The fraction of sp³-hybridized carbons (Fsp3) is 0.294. The van der Waals surface area contributed by atoms with Gasteiger partial charge in [-0.3, -0.25) is 9.59 Å². The molecule has 1 aromatic heterocycles. The highest BCUT2D eigenvalue weighted by Gasteiger charge is 2.35. The Hall–Kier alpha value is -2.34. The number of hydrogen-bond donors (Lipinski definition) is 2. The summed E-state index contributed by atoms with van der Waals surface area (Å²) in [5.41, 5.74) is 2.04. The van der Waals surface area contributed by atoms with Crippen molar-refractivity contribution in [3.63, 3.8) is 0 Å². The van der Waals surface area contributed by atoms with Gasteiger partial charge in [0.15, 0.2) is 0 Å². The number of hydrogen-bond acceptors (Lipinski definition) is 4. The van der Waals surface area contributed by atoms with Crippen molar-refractivity contribution >= 4 is 23.2 Å². The fourth-order valence-electron chi connectivity index (χ4n) is 3.01. The third kappa shape index (κ3) is 2.49. The van der Waals surface area contributed by atoms with E-state index in [9.17, 15) is 9.59 Å². The van der Waals surface area contributed by atoms with Crippen LogP contribution in [-0.4, -0.2) is 23.0 Å². The van der Waals surface area contributed by atoms with Gasteiger partial charge < -0.3 is 15.2 Å². The van der Waals surface area contributed by atoms with Crippen LogP contribution in [0.4, 0.5) is 0 Å².